The van der Waals surface area contributed by atoms with Crippen LogP contribution in [0.4, 0.5) is 11.8 Å². The maximum atomic E-state index is 10.0. The molecule has 2 fully saturated rings. The Hall–Kier alpha value is -2.67. The first-order chi connectivity index (χ1) is 15.6. The van der Waals surface area contributed by atoms with Crippen molar-refractivity contribution in [1.29, 1.82) is 0 Å². The van der Waals surface area contributed by atoms with Gasteiger partial charge in [-0.1, -0.05) is 0 Å². The van der Waals surface area contributed by atoms with E-state index < -0.39 is 0 Å². The minimum absolute atomic E-state index is 0.169. The Morgan fingerprint density at radius 2 is 1.81 bits per heavy atom. The molecule has 2 N–H and O–H groups in total. The monoisotopic (exact) mass is 434 g/mol. The van der Waals surface area contributed by atoms with Gasteiger partial charge in [-0.3, -0.25) is 0 Å². The van der Waals surface area contributed by atoms with Crippen molar-refractivity contribution < 1.29 is 5.11 Å². The molecule has 0 radical (unpaired) electrons. The number of hydrogen-bond donors (Lipinski definition) is 2. The van der Waals surface area contributed by atoms with E-state index in [4.69, 9.17) is 5.10 Å². The lowest BCUT2D eigenvalue weighted by atomic mass is 9.85. The zero-order valence-electron chi connectivity index (χ0n) is 19.2. The Morgan fingerprint density at radius 1 is 1.03 bits per heavy atom. The van der Waals surface area contributed by atoms with Gasteiger partial charge < -0.3 is 15.3 Å². The smallest absolute Gasteiger partial charge is 0.241 e. The van der Waals surface area contributed by atoms with E-state index in [2.05, 4.69) is 56.7 Å². The van der Waals surface area contributed by atoms with E-state index in [0.29, 0.717) is 11.9 Å². The van der Waals surface area contributed by atoms with Crippen LogP contribution in [0.2, 0.25) is 0 Å². The van der Waals surface area contributed by atoms with Gasteiger partial charge in [0, 0.05) is 42.5 Å². The fourth-order valence-corrected chi connectivity index (χ4v) is 5.11. The van der Waals surface area contributed by atoms with Gasteiger partial charge >= 0.3 is 0 Å². The number of pyridine rings is 1. The lowest BCUT2D eigenvalue weighted by molar-refractivity contribution is 0.121. The van der Waals surface area contributed by atoms with Crippen LogP contribution in [-0.2, 0) is 0 Å². The third kappa shape index (κ3) is 4.31. The quantitative estimate of drug-likeness (QED) is 0.610. The highest BCUT2D eigenvalue weighted by molar-refractivity contribution is 5.82. The molecule has 3 aromatic rings. The molecule has 0 unspecified atom stereocenters. The van der Waals surface area contributed by atoms with Crippen LogP contribution in [0.25, 0.3) is 16.6 Å². The number of hydrogen-bond acceptors (Lipinski definition) is 6. The number of aliphatic hydroxyl groups excluding tert-OH is 1. The number of aliphatic hydroxyl groups is 1. The van der Waals surface area contributed by atoms with Gasteiger partial charge in [0.1, 0.15) is 5.82 Å². The zero-order valence-corrected chi connectivity index (χ0v) is 19.2. The highest BCUT2D eigenvalue weighted by atomic mass is 16.3. The van der Waals surface area contributed by atoms with Gasteiger partial charge in [0.05, 0.1) is 17.8 Å². The first-order valence-electron chi connectivity index (χ1n) is 12.1. The summed E-state index contributed by atoms with van der Waals surface area (Å²) in [5.74, 6) is 2.10. The lowest BCUT2D eigenvalue weighted by Gasteiger charge is -2.27. The Kier molecular flexibility index (Phi) is 6.00. The molecule has 1 saturated carbocycles. The number of nitrogens with one attached hydrogen (secondary N) is 1. The van der Waals surface area contributed by atoms with Crippen molar-refractivity contribution in [2.75, 3.05) is 23.3 Å². The number of anilines is 2. The number of nitrogens with zero attached hydrogens (tertiary/aromatic N) is 5. The Labute approximate surface area is 189 Å². The summed E-state index contributed by atoms with van der Waals surface area (Å²) in [6.45, 7) is 6.35. The average Bonchev–Trinajstić information content (AvgIpc) is 3.19. The second-order valence-electron chi connectivity index (χ2n) is 9.62. The third-order valence-corrected chi connectivity index (χ3v) is 6.81. The van der Waals surface area contributed by atoms with Crippen molar-refractivity contribution in [3.8, 4) is 11.1 Å². The molecule has 0 spiro atoms. The summed E-state index contributed by atoms with van der Waals surface area (Å²) in [7, 11) is 0. The first kappa shape index (κ1) is 21.2. The van der Waals surface area contributed by atoms with Crippen molar-refractivity contribution in [2.45, 2.75) is 76.9 Å². The molecule has 3 aromatic heterocycles. The lowest BCUT2D eigenvalue weighted by Crippen LogP contribution is -2.30. The third-order valence-electron chi connectivity index (χ3n) is 6.81. The number of fused-ring (bicyclic) bond motifs is 1. The van der Waals surface area contributed by atoms with E-state index in [1.807, 2.05) is 12.4 Å². The summed E-state index contributed by atoms with van der Waals surface area (Å²) in [6.07, 6.45) is 11.1. The molecule has 0 aromatic carbocycles. The SMILES string of the molecule is CC(C)Nc1ncc2c(-c3ccnc(N4CCCCC4)c3)cc(C3CCC(O)CC3)n2n1. The van der Waals surface area contributed by atoms with Crippen molar-refractivity contribution in [3.05, 3.63) is 36.3 Å². The molecule has 4 heterocycles. The standard InChI is InChI=1S/C25H34N6O/c1-17(2)28-25-27-16-23-21(15-22(31(23)29-25)18-6-8-20(32)9-7-18)19-10-11-26-24(14-19)30-12-4-3-5-13-30/h10-11,14-18,20,32H,3-9,12-13H2,1-2H3,(H,28,29). The summed E-state index contributed by atoms with van der Waals surface area (Å²) >= 11 is 0. The summed E-state index contributed by atoms with van der Waals surface area (Å²) in [5.41, 5.74) is 4.56. The van der Waals surface area contributed by atoms with Gasteiger partial charge in [-0.05, 0) is 82.6 Å². The largest absolute Gasteiger partial charge is 0.393 e. The molecule has 0 atom stereocenters. The van der Waals surface area contributed by atoms with Crippen LogP contribution >= 0.6 is 0 Å². The van der Waals surface area contributed by atoms with Crippen molar-refractivity contribution >= 4 is 17.3 Å². The summed E-state index contributed by atoms with van der Waals surface area (Å²) in [5, 5.41) is 18.2. The van der Waals surface area contributed by atoms with E-state index in [1.54, 1.807) is 0 Å². The van der Waals surface area contributed by atoms with E-state index in [9.17, 15) is 5.11 Å². The molecule has 0 amide bonds. The van der Waals surface area contributed by atoms with Gasteiger partial charge in [0.25, 0.3) is 0 Å². The highest BCUT2D eigenvalue weighted by Gasteiger charge is 2.26. The van der Waals surface area contributed by atoms with Gasteiger partial charge in [-0.2, -0.15) is 0 Å². The van der Waals surface area contributed by atoms with Crippen LogP contribution in [0.15, 0.2) is 30.6 Å². The number of rotatable bonds is 5. The van der Waals surface area contributed by atoms with Crippen molar-refractivity contribution in [2.24, 2.45) is 0 Å². The average molecular weight is 435 g/mol. The maximum Gasteiger partial charge on any atom is 0.241 e. The van der Waals surface area contributed by atoms with E-state index >= 15 is 0 Å². The van der Waals surface area contributed by atoms with Crippen molar-refractivity contribution in [1.82, 2.24) is 19.6 Å². The fourth-order valence-electron chi connectivity index (χ4n) is 5.11. The van der Waals surface area contributed by atoms with Crippen LogP contribution in [-0.4, -0.2) is 49.9 Å². The predicted molar refractivity (Wildman–Crippen MR) is 128 cm³/mol. The fraction of sp³-hybridized carbons (Fsp3) is 0.560. The molecule has 7 nitrogen and oxygen atoms in total. The molecule has 1 saturated heterocycles. The molecule has 5 rings (SSSR count). The normalized spacial score (nSPS) is 21.9. The second kappa shape index (κ2) is 9.06. The molecule has 32 heavy (non-hydrogen) atoms. The van der Waals surface area contributed by atoms with Crippen molar-refractivity contribution in [3.63, 3.8) is 0 Å². The molecule has 1 aliphatic heterocycles. The second-order valence-corrected chi connectivity index (χ2v) is 9.62. The summed E-state index contributed by atoms with van der Waals surface area (Å²) in [4.78, 5) is 11.7. The topological polar surface area (TPSA) is 78.6 Å². The first-order valence-corrected chi connectivity index (χ1v) is 12.1. The van der Waals surface area contributed by atoms with Gasteiger partial charge in [0.2, 0.25) is 5.95 Å². The summed E-state index contributed by atoms with van der Waals surface area (Å²) in [6, 6.07) is 6.87. The van der Waals surface area contributed by atoms with E-state index in [1.165, 1.54) is 25.0 Å². The van der Waals surface area contributed by atoms with Crippen LogP contribution in [0, 0.1) is 0 Å². The molecule has 2 aliphatic rings. The van der Waals surface area contributed by atoms with Crippen LogP contribution in [0.3, 0.4) is 0 Å². The number of aromatic nitrogens is 4. The van der Waals surface area contributed by atoms with Crippen LogP contribution < -0.4 is 10.2 Å². The molecule has 7 heteroatoms. The van der Waals surface area contributed by atoms with Gasteiger partial charge in [0.15, 0.2) is 0 Å². The summed E-state index contributed by atoms with van der Waals surface area (Å²) < 4.78 is 2.08. The predicted octanol–water partition coefficient (Wildman–Crippen LogP) is 4.62. The Balaban J connectivity index is 1.57. The highest BCUT2D eigenvalue weighted by Crippen LogP contribution is 2.38. The molecule has 0 bridgehead atoms. The van der Waals surface area contributed by atoms with Crippen LogP contribution in [0.1, 0.15) is 70.4 Å². The van der Waals surface area contributed by atoms with Crippen LogP contribution in [0.5, 0.6) is 0 Å². The molecule has 170 valence electrons. The molecular weight excluding hydrogens is 400 g/mol. The number of piperidine rings is 1. The molecule has 1 aliphatic carbocycles. The van der Waals surface area contributed by atoms with Gasteiger partial charge in [-0.25, -0.2) is 14.5 Å². The van der Waals surface area contributed by atoms with E-state index in [0.717, 1.165) is 61.2 Å². The van der Waals surface area contributed by atoms with Gasteiger partial charge in [-0.15, -0.1) is 5.10 Å². The minimum Gasteiger partial charge on any atom is -0.393 e. The Bertz CT molecular complexity index is 1060. The minimum atomic E-state index is -0.169. The zero-order chi connectivity index (χ0) is 22.1. The molecular formula is C25H34N6O. The Morgan fingerprint density at radius 3 is 2.56 bits per heavy atom. The maximum absolute atomic E-state index is 10.0. The van der Waals surface area contributed by atoms with E-state index in [-0.39, 0.29) is 12.1 Å².